The van der Waals surface area contributed by atoms with Gasteiger partial charge in [-0.3, -0.25) is 4.90 Å². The molecule has 0 saturated heterocycles. The van der Waals surface area contributed by atoms with Crippen molar-refractivity contribution in [2.24, 2.45) is 5.92 Å². The molecule has 1 aromatic rings. The summed E-state index contributed by atoms with van der Waals surface area (Å²) in [5, 5.41) is 3.13. The zero-order valence-electron chi connectivity index (χ0n) is 12.0. The van der Waals surface area contributed by atoms with Crippen molar-refractivity contribution in [3.05, 3.63) is 23.2 Å². The maximum Gasteiger partial charge on any atom is 0.118 e. The molecule has 1 fully saturated rings. The number of nitrogens with one attached hydrogen (secondary N) is 1. The lowest BCUT2D eigenvalue weighted by Crippen LogP contribution is -2.32. The predicted octanol–water partition coefficient (Wildman–Crippen LogP) is 2.93. The van der Waals surface area contributed by atoms with Crippen molar-refractivity contribution < 1.29 is 4.42 Å². The van der Waals surface area contributed by atoms with Gasteiger partial charge in [-0.2, -0.15) is 0 Å². The summed E-state index contributed by atoms with van der Waals surface area (Å²) in [7, 11) is 1.95. The van der Waals surface area contributed by atoms with E-state index < -0.39 is 0 Å². The smallest absolute Gasteiger partial charge is 0.118 e. The van der Waals surface area contributed by atoms with Gasteiger partial charge in [0, 0.05) is 18.7 Å². The first-order valence-corrected chi connectivity index (χ1v) is 7.18. The fraction of sp³-hybridized carbons (Fsp3) is 0.733. The quantitative estimate of drug-likeness (QED) is 0.806. The van der Waals surface area contributed by atoms with Crippen LogP contribution in [0.3, 0.4) is 0 Å². The Morgan fingerprint density at radius 2 is 2.22 bits per heavy atom. The Hall–Kier alpha value is -0.800. The van der Waals surface area contributed by atoms with Crippen LogP contribution in [-0.4, -0.2) is 25.0 Å². The second kappa shape index (κ2) is 6.39. The normalized spacial score (nSPS) is 16.2. The highest BCUT2D eigenvalue weighted by Gasteiger charge is 2.20. The number of nitrogens with zero attached hydrogens (tertiary/aromatic N) is 1. The van der Waals surface area contributed by atoms with Crippen LogP contribution in [0.5, 0.6) is 0 Å². The molecule has 0 bridgehead atoms. The number of furan rings is 1. The monoisotopic (exact) mass is 250 g/mol. The van der Waals surface area contributed by atoms with Crippen LogP contribution in [0.4, 0.5) is 0 Å². The fourth-order valence-corrected chi connectivity index (χ4v) is 2.59. The van der Waals surface area contributed by atoms with E-state index in [1.165, 1.54) is 31.4 Å². The van der Waals surface area contributed by atoms with E-state index in [0.717, 1.165) is 37.1 Å². The van der Waals surface area contributed by atoms with E-state index >= 15 is 0 Å². The fourth-order valence-electron chi connectivity index (χ4n) is 2.59. The topological polar surface area (TPSA) is 28.4 Å². The minimum absolute atomic E-state index is 0.815. The van der Waals surface area contributed by atoms with Crippen molar-refractivity contribution in [2.45, 2.75) is 46.2 Å². The van der Waals surface area contributed by atoms with Crippen molar-refractivity contribution in [1.82, 2.24) is 10.2 Å². The Bertz CT molecular complexity index is 369. The molecule has 0 unspecified atom stereocenters. The molecule has 2 rings (SSSR count). The molecule has 1 aliphatic carbocycles. The number of hydrogen-bond acceptors (Lipinski definition) is 3. The third-order valence-corrected chi connectivity index (χ3v) is 4.00. The summed E-state index contributed by atoms with van der Waals surface area (Å²) in [4.78, 5) is 2.55. The zero-order chi connectivity index (χ0) is 13.0. The number of aryl methyl sites for hydroxylation is 1. The molecule has 1 heterocycles. The molecular formula is C15H26N2O. The van der Waals surface area contributed by atoms with Crippen LogP contribution in [0.2, 0.25) is 0 Å². The van der Waals surface area contributed by atoms with E-state index in [-0.39, 0.29) is 0 Å². The van der Waals surface area contributed by atoms with Crippen LogP contribution < -0.4 is 5.32 Å². The first kappa shape index (κ1) is 13.6. The van der Waals surface area contributed by atoms with Gasteiger partial charge in [-0.05, 0) is 45.3 Å². The van der Waals surface area contributed by atoms with Gasteiger partial charge in [-0.15, -0.1) is 0 Å². The highest BCUT2D eigenvalue weighted by molar-refractivity contribution is 5.20. The van der Waals surface area contributed by atoms with E-state index in [2.05, 4.69) is 30.1 Å². The van der Waals surface area contributed by atoms with Crippen molar-refractivity contribution >= 4 is 0 Å². The molecule has 0 amide bonds. The number of hydrogen-bond donors (Lipinski definition) is 1. The van der Waals surface area contributed by atoms with Gasteiger partial charge in [-0.25, -0.2) is 0 Å². The average molecular weight is 250 g/mol. The van der Waals surface area contributed by atoms with Gasteiger partial charge in [0.05, 0.1) is 6.54 Å². The molecule has 0 atom stereocenters. The molecule has 0 aliphatic heterocycles. The van der Waals surface area contributed by atoms with Crippen LogP contribution in [-0.2, 0) is 13.1 Å². The van der Waals surface area contributed by atoms with E-state index in [1.54, 1.807) is 0 Å². The van der Waals surface area contributed by atoms with E-state index in [9.17, 15) is 0 Å². The summed E-state index contributed by atoms with van der Waals surface area (Å²) < 4.78 is 5.76. The third-order valence-electron chi connectivity index (χ3n) is 4.00. The molecular weight excluding hydrogens is 224 g/mol. The molecule has 0 radical (unpaired) electrons. The minimum Gasteiger partial charge on any atom is -0.465 e. The summed E-state index contributed by atoms with van der Waals surface area (Å²) in [6.07, 6.45) is 4.27. The van der Waals surface area contributed by atoms with Gasteiger partial charge >= 0.3 is 0 Å². The lowest BCUT2D eigenvalue weighted by Gasteiger charge is -2.31. The predicted molar refractivity (Wildman–Crippen MR) is 74.5 cm³/mol. The molecule has 1 saturated carbocycles. The number of rotatable bonds is 7. The maximum absolute atomic E-state index is 5.76. The van der Waals surface area contributed by atoms with Gasteiger partial charge < -0.3 is 9.73 Å². The highest BCUT2D eigenvalue weighted by atomic mass is 16.3. The minimum atomic E-state index is 0.815. The van der Waals surface area contributed by atoms with Crippen molar-refractivity contribution in [2.75, 3.05) is 20.1 Å². The largest absolute Gasteiger partial charge is 0.465 e. The third kappa shape index (κ3) is 3.36. The summed E-state index contributed by atoms with van der Waals surface area (Å²) >= 11 is 0. The lowest BCUT2D eigenvalue weighted by molar-refractivity contribution is 0.177. The van der Waals surface area contributed by atoms with Gasteiger partial charge in [0.1, 0.15) is 11.5 Å². The molecule has 1 N–H and O–H groups in total. The first-order chi connectivity index (χ1) is 8.72. The van der Waals surface area contributed by atoms with Crippen LogP contribution in [0.25, 0.3) is 0 Å². The molecule has 3 heteroatoms. The molecule has 3 nitrogen and oxygen atoms in total. The van der Waals surface area contributed by atoms with Crippen LogP contribution in [0.1, 0.15) is 43.3 Å². The van der Waals surface area contributed by atoms with Crippen molar-refractivity contribution in [1.29, 1.82) is 0 Å². The van der Waals surface area contributed by atoms with E-state index in [0.29, 0.717) is 0 Å². The van der Waals surface area contributed by atoms with Crippen LogP contribution >= 0.6 is 0 Å². The molecule has 18 heavy (non-hydrogen) atoms. The molecule has 0 spiro atoms. The average Bonchev–Trinajstić information content (AvgIpc) is 2.63. The van der Waals surface area contributed by atoms with Crippen molar-refractivity contribution in [3.63, 3.8) is 0 Å². The van der Waals surface area contributed by atoms with E-state index in [4.69, 9.17) is 4.42 Å². The highest BCUT2D eigenvalue weighted by Crippen LogP contribution is 2.28. The second-order valence-corrected chi connectivity index (χ2v) is 5.45. The molecule has 0 aromatic carbocycles. The van der Waals surface area contributed by atoms with Crippen LogP contribution in [0.15, 0.2) is 10.5 Å². The van der Waals surface area contributed by atoms with Gasteiger partial charge in [0.15, 0.2) is 0 Å². The van der Waals surface area contributed by atoms with Gasteiger partial charge in [0.2, 0.25) is 0 Å². The van der Waals surface area contributed by atoms with Gasteiger partial charge in [-0.1, -0.05) is 13.3 Å². The van der Waals surface area contributed by atoms with Gasteiger partial charge in [0.25, 0.3) is 0 Å². The van der Waals surface area contributed by atoms with Crippen molar-refractivity contribution in [3.8, 4) is 0 Å². The first-order valence-electron chi connectivity index (χ1n) is 7.18. The summed E-state index contributed by atoms with van der Waals surface area (Å²) in [5.41, 5.74) is 1.35. The molecule has 102 valence electrons. The Morgan fingerprint density at radius 3 is 2.78 bits per heavy atom. The summed E-state index contributed by atoms with van der Waals surface area (Å²) in [6, 6.07) is 2.20. The lowest BCUT2D eigenvalue weighted by atomic mass is 9.85. The second-order valence-electron chi connectivity index (χ2n) is 5.45. The summed E-state index contributed by atoms with van der Waals surface area (Å²) in [5.74, 6) is 3.06. The molecule has 1 aromatic heterocycles. The van der Waals surface area contributed by atoms with E-state index in [1.807, 2.05) is 7.05 Å². The maximum atomic E-state index is 5.76. The standard InChI is InChI=1S/C15H26N2O/c1-4-17(10-13-6-5-7-13)11-14-8-15(9-16-3)18-12(14)2/h8,13,16H,4-7,9-11H2,1-3H3. The van der Waals surface area contributed by atoms with Crippen LogP contribution in [0, 0.1) is 12.8 Å². The Labute approximate surface area is 111 Å². The Kier molecular flexibility index (Phi) is 4.84. The SMILES string of the molecule is CCN(Cc1cc(CNC)oc1C)CC1CCC1. The molecule has 1 aliphatic rings. The Balaban J connectivity index is 1.92. The Morgan fingerprint density at radius 1 is 1.44 bits per heavy atom. The zero-order valence-corrected chi connectivity index (χ0v) is 12.0. The summed E-state index contributed by atoms with van der Waals surface area (Å²) in [6.45, 7) is 8.56.